The van der Waals surface area contributed by atoms with Crippen molar-refractivity contribution in [2.75, 3.05) is 12.8 Å². The first-order chi connectivity index (χ1) is 8.69. The third-order valence-corrected chi connectivity index (χ3v) is 4.58. The van der Waals surface area contributed by atoms with Gasteiger partial charge < -0.3 is 16.2 Å². The molecule has 0 aliphatic rings. The molecule has 1 aromatic rings. The maximum atomic E-state index is 12.1. The Kier molecular flexibility index (Phi) is 4.77. The van der Waals surface area contributed by atoms with Gasteiger partial charge in [0.2, 0.25) is 15.9 Å². The van der Waals surface area contributed by atoms with Gasteiger partial charge in [0.1, 0.15) is 10.6 Å². The number of nitrogens with two attached hydrogens (primary N) is 2. The average Bonchev–Trinajstić information content (AvgIpc) is 2.31. The van der Waals surface area contributed by atoms with Crippen molar-refractivity contribution in [3.8, 4) is 5.75 Å². The molecule has 0 aliphatic heterocycles. The fourth-order valence-corrected chi connectivity index (χ4v) is 2.99. The summed E-state index contributed by atoms with van der Waals surface area (Å²) in [4.78, 5) is 10.8. The van der Waals surface area contributed by atoms with Crippen LogP contribution in [0.3, 0.4) is 0 Å². The number of carbonyl (C=O) groups excluding carboxylic acids is 1. The first-order valence-electron chi connectivity index (χ1n) is 5.13. The first kappa shape index (κ1) is 15.7. The molecule has 0 radical (unpaired) electrons. The van der Waals surface area contributed by atoms with Crippen LogP contribution in [0.4, 0.5) is 5.69 Å². The van der Waals surface area contributed by atoms with E-state index in [1.165, 1.54) is 26.2 Å². The Morgan fingerprint density at radius 2 is 2.05 bits per heavy atom. The summed E-state index contributed by atoms with van der Waals surface area (Å²) in [7, 11) is -2.64. The molecule has 0 aromatic heterocycles. The monoisotopic (exact) mass is 351 g/mol. The standard InChI is InChI=1S/C10H14BrN3O4S/c1-5(10(13)15)14-19(16,17)9-4-7(12)6(11)3-8(9)18-2/h3-5,14H,12H2,1-2H3,(H2,13,15). The number of nitrogens with one attached hydrogen (secondary N) is 1. The number of methoxy groups -OCH3 is 1. The Balaban J connectivity index is 3.28. The van der Waals surface area contributed by atoms with E-state index in [-0.39, 0.29) is 16.3 Å². The second-order valence-electron chi connectivity index (χ2n) is 3.77. The number of amides is 1. The van der Waals surface area contributed by atoms with Crippen LogP contribution in [0.1, 0.15) is 6.92 Å². The van der Waals surface area contributed by atoms with Gasteiger partial charge in [0, 0.05) is 10.2 Å². The normalized spacial score (nSPS) is 13.0. The van der Waals surface area contributed by atoms with Crippen molar-refractivity contribution in [3.05, 3.63) is 16.6 Å². The summed E-state index contributed by atoms with van der Waals surface area (Å²) < 4.78 is 31.9. The molecule has 0 saturated carbocycles. The molecular weight excluding hydrogens is 338 g/mol. The van der Waals surface area contributed by atoms with Gasteiger partial charge in [-0.15, -0.1) is 0 Å². The minimum absolute atomic E-state index is 0.102. The maximum absolute atomic E-state index is 12.1. The van der Waals surface area contributed by atoms with E-state index in [1.54, 1.807) is 0 Å². The van der Waals surface area contributed by atoms with Crippen molar-refractivity contribution in [2.45, 2.75) is 17.9 Å². The molecule has 1 rings (SSSR count). The first-order valence-corrected chi connectivity index (χ1v) is 7.41. The van der Waals surface area contributed by atoms with Gasteiger partial charge in [0.15, 0.2) is 0 Å². The summed E-state index contributed by atoms with van der Waals surface area (Å²) in [6, 6.07) is 1.62. The van der Waals surface area contributed by atoms with Crippen molar-refractivity contribution in [1.82, 2.24) is 4.72 Å². The zero-order valence-corrected chi connectivity index (χ0v) is 12.7. The average molecular weight is 352 g/mol. The van der Waals surface area contributed by atoms with Crippen LogP contribution in [0.5, 0.6) is 5.75 Å². The summed E-state index contributed by atoms with van der Waals surface area (Å²) in [5.41, 5.74) is 10.9. The summed E-state index contributed by atoms with van der Waals surface area (Å²) in [6.45, 7) is 1.34. The van der Waals surface area contributed by atoms with Crippen LogP contribution in [0.15, 0.2) is 21.5 Å². The lowest BCUT2D eigenvalue weighted by atomic mass is 10.3. The fraction of sp³-hybridized carbons (Fsp3) is 0.300. The Labute approximate surface area is 119 Å². The maximum Gasteiger partial charge on any atom is 0.245 e. The SMILES string of the molecule is COc1cc(Br)c(N)cc1S(=O)(=O)NC(C)C(N)=O. The summed E-state index contributed by atoms with van der Waals surface area (Å²) in [5.74, 6) is -0.683. The van der Waals surface area contributed by atoms with Gasteiger partial charge in [-0.3, -0.25) is 4.79 Å². The zero-order chi connectivity index (χ0) is 14.8. The lowest BCUT2D eigenvalue weighted by Crippen LogP contribution is -2.42. The zero-order valence-electron chi connectivity index (χ0n) is 10.3. The molecular formula is C10H14BrN3O4S. The van der Waals surface area contributed by atoms with Crippen LogP contribution >= 0.6 is 15.9 Å². The largest absolute Gasteiger partial charge is 0.495 e. The number of sulfonamides is 1. The molecule has 1 amide bonds. The Morgan fingerprint density at radius 3 is 2.53 bits per heavy atom. The number of primary amides is 1. The van der Waals surface area contributed by atoms with Gasteiger partial charge in [-0.2, -0.15) is 4.72 Å². The second kappa shape index (κ2) is 5.76. The molecule has 106 valence electrons. The lowest BCUT2D eigenvalue weighted by Gasteiger charge is -2.14. The Hall–Kier alpha value is -1.32. The predicted molar refractivity (Wildman–Crippen MR) is 74.1 cm³/mol. The van der Waals surface area contributed by atoms with Crippen LogP contribution < -0.4 is 20.9 Å². The van der Waals surface area contributed by atoms with Crippen LogP contribution in [0, 0.1) is 0 Å². The van der Waals surface area contributed by atoms with E-state index in [4.69, 9.17) is 16.2 Å². The van der Waals surface area contributed by atoms with Gasteiger partial charge in [0.25, 0.3) is 0 Å². The fourth-order valence-electron chi connectivity index (χ4n) is 1.27. The van der Waals surface area contributed by atoms with E-state index in [1.807, 2.05) is 0 Å². The molecule has 5 N–H and O–H groups in total. The van der Waals surface area contributed by atoms with Crippen LogP contribution in [-0.4, -0.2) is 27.5 Å². The summed E-state index contributed by atoms with van der Waals surface area (Å²) >= 11 is 3.17. The molecule has 1 atom stereocenters. The minimum atomic E-state index is -3.96. The molecule has 9 heteroatoms. The van der Waals surface area contributed by atoms with Crippen LogP contribution in [0.2, 0.25) is 0 Å². The topological polar surface area (TPSA) is 125 Å². The molecule has 1 aromatic carbocycles. The van der Waals surface area contributed by atoms with Gasteiger partial charge in [0.05, 0.1) is 13.2 Å². The predicted octanol–water partition coefficient (Wildman–Crippen LogP) is 0.192. The van der Waals surface area contributed by atoms with E-state index in [0.717, 1.165) is 0 Å². The number of ether oxygens (including phenoxy) is 1. The number of anilines is 1. The Morgan fingerprint density at radius 1 is 1.47 bits per heavy atom. The quantitative estimate of drug-likeness (QED) is 0.653. The summed E-state index contributed by atoms with van der Waals surface area (Å²) in [6.07, 6.45) is 0. The van der Waals surface area contributed by atoms with E-state index in [9.17, 15) is 13.2 Å². The number of benzene rings is 1. The highest BCUT2D eigenvalue weighted by molar-refractivity contribution is 9.10. The van der Waals surface area contributed by atoms with Crippen LogP contribution in [0.25, 0.3) is 0 Å². The molecule has 0 spiro atoms. The van der Waals surface area contributed by atoms with Crippen molar-refractivity contribution in [1.29, 1.82) is 0 Å². The minimum Gasteiger partial charge on any atom is -0.495 e. The van der Waals surface area contributed by atoms with Crippen LogP contribution in [-0.2, 0) is 14.8 Å². The Bertz CT molecular complexity index is 603. The van der Waals surface area contributed by atoms with E-state index in [0.29, 0.717) is 4.47 Å². The van der Waals surface area contributed by atoms with Gasteiger partial charge in [-0.25, -0.2) is 8.42 Å². The number of halogens is 1. The van der Waals surface area contributed by atoms with Gasteiger partial charge >= 0.3 is 0 Å². The lowest BCUT2D eigenvalue weighted by molar-refractivity contribution is -0.119. The molecule has 0 bridgehead atoms. The van der Waals surface area contributed by atoms with Crippen molar-refractivity contribution < 1.29 is 17.9 Å². The highest BCUT2D eigenvalue weighted by Gasteiger charge is 2.24. The highest BCUT2D eigenvalue weighted by Crippen LogP contribution is 2.32. The van der Waals surface area contributed by atoms with E-state index in [2.05, 4.69) is 20.7 Å². The molecule has 0 saturated heterocycles. The van der Waals surface area contributed by atoms with Crippen molar-refractivity contribution in [2.24, 2.45) is 5.73 Å². The highest BCUT2D eigenvalue weighted by atomic mass is 79.9. The molecule has 1 unspecified atom stereocenters. The molecule has 0 heterocycles. The number of carbonyl (C=O) groups is 1. The van der Waals surface area contributed by atoms with Crippen molar-refractivity contribution in [3.63, 3.8) is 0 Å². The van der Waals surface area contributed by atoms with E-state index < -0.39 is 22.0 Å². The molecule has 0 aliphatic carbocycles. The molecule has 7 nitrogen and oxygen atoms in total. The molecule has 0 fully saturated rings. The number of rotatable bonds is 5. The third-order valence-electron chi connectivity index (χ3n) is 2.33. The van der Waals surface area contributed by atoms with Gasteiger partial charge in [-0.05, 0) is 35.0 Å². The summed E-state index contributed by atoms with van der Waals surface area (Å²) in [5, 5.41) is 0. The second-order valence-corrected chi connectivity index (χ2v) is 6.31. The number of hydrogen-bond acceptors (Lipinski definition) is 5. The van der Waals surface area contributed by atoms with Gasteiger partial charge in [-0.1, -0.05) is 0 Å². The smallest absolute Gasteiger partial charge is 0.245 e. The molecule has 19 heavy (non-hydrogen) atoms. The number of hydrogen-bond donors (Lipinski definition) is 3. The third kappa shape index (κ3) is 3.58. The van der Waals surface area contributed by atoms with Crippen molar-refractivity contribution >= 4 is 37.5 Å². The van der Waals surface area contributed by atoms with E-state index >= 15 is 0 Å². The number of nitrogen functional groups attached to an aromatic ring is 1.